The number of hydrogen-bond donors (Lipinski definition) is 1. The van der Waals surface area contributed by atoms with E-state index in [1.807, 2.05) is 0 Å². The molecule has 5 nitrogen and oxygen atoms in total. The zero-order valence-corrected chi connectivity index (χ0v) is 7.09. The van der Waals surface area contributed by atoms with Crippen LogP contribution in [-0.4, -0.2) is 20.1 Å². The van der Waals surface area contributed by atoms with Crippen molar-refractivity contribution < 1.29 is 18.0 Å². The molecule has 1 aliphatic carbocycles. The van der Waals surface area contributed by atoms with Crippen molar-refractivity contribution in [2.45, 2.75) is 0 Å². The van der Waals surface area contributed by atoms with Crippen LogP contribution in [0.25, 0.3) is 0 Å². The van der Waals surface area contributed by atoms with Crippen molar-refractivity contribution in [3.8, 4) is 0 Å². The molecule has 2 rings (SSSR count). The lowest BCUT2D eigenvalue weighted by Crippen LogP contribution is -2.24. The van der Waals surface area contributed by atoms with Crippen LogP contribution in [0.5, 0.6) is 0 Å². The van der Waals surface area contributed by atoms with Gasteiger partial charge in [-0.3, -0.25) is 9.59 Å². The summed E-state index contributed by atoms with van der Waals surface area (Å²) in [4.78, 5) is 21.9. The summed E-state index contributed by atoms with van der Waals surface area (Å²) in [6.45, 7) is 0. The molecule has 1 N–H and O–H groups in total. The average molecular weight is 198 g/mol. The molecule has 0 spiro atoms. The van der Waals surface area contributed by atoms with Crippen LogP contribution in [-0.2, 0) is 19.6 Å². The van der Waals surface area contributed by atoms with Crippen molar-refractivity contribution >= 4 is 21.7 Å². The topological polar surface area (TPSA) is 80.3 Å². The standard InChI is InChI=1S/C7H4NO4S/c9-4-2-1-3-5-6(4)7(10)8-13(5,11)12/h1-3H,(H,8,10). The predicted molar refractivity (Wildman–Crippen MR) is 42.5 cm³/mol. The number of carbonyl (C=O) groups excluding carboxylic acids is 2. The van der Waals surface area contributed by atoms with Crippen LogP contribution in [0.3, 0.4) is 0 Å². The van der Waals surface area contributed by atoms with Crippen molar-refractivity contribution in [3.05, 3.63) is 29.1 Å². The van der Waals surface area contributed by atoms with Crippen LogP contribution >= 0.6 is 0 Å². The third kappa shape index (κ3) is 1.02. The molecule has 1 aliphatic heterocycles. The van der Waals surface area contributed by atoms with Gasteiger partial charge in [0.05, 0.1) is 6.42 Å². The van der Waals surface area contributed by atoms with Gasteiger partial charge < -0.3 is 0 Å². The lowest BCUT2D eigenvalue weighted by molar-refractivity contribution is -0.119. The van der Waals surface area contributed by atoms with Crippen LogP contribution in [0.1, 0.15) is 0 Å². The van der Waals surface area contributed by atoms with Crippen molar-refractivity contribution in [1.29, 1.82) is 0 Å². The number of Topliss-reactive ketones (excluding diaryl/α,β-unsaturated/α-hetero) is 1. The summed E-state index contributed by atoms with van der Waals surface area (Å²) in [6.07, 6.45) is 3.68. The second-order valence-corrected chi connectivity index (χ2v) is 4.21. The summed E-state index contributed by atoms with van der Waals surface area (Å²) in [5.74, 6) is -1.42. The van der Waals surface area contributed by atoms with Gasteiger partial charge in [-0.05, 0) is 6.08 Å². The third-order valence-corrected chi connectivity index (χ3v) is 3.10. The molecule has 6 heteroatoms. The van der Waals surface area contributed by atoms with E-state index in [-0.39, 0.29) is 10.5 Å². The number of nitrogens with one attached hydrogen (secondary N) is 1. The molecule has 1 radical (unpaired) electrons. The molecule has 13 heavy (non-hydrogen) atoms. The minimum absolute atomic E-state index is 0.231. The number of rotatable bonds is 0. The van der Waals surface area contributed by atoms with E-state index in [0.717, 1.165) is 6.42 Å². The Balaban J connectivity index is 2.72. The fourth-order valence-corrected chi connectivity index (χ4v) is 2.36. The van der Waals surface area contributed by atoms with Crippen molar-refractivity contribution in [2.75, 3.05) is 0 Å². The van der Waals surface area contributed by atoms with E-state index in [9.17, 15) is 18.0 Å². The van der Waals surface area contributed by atoms with Crippen molar-refractivity contribution in [2.24, 2.45) is 0 Å². The molecule has 0 atom stereocenters. The molecule has 0 bridgehead atoms. The third-order valence-electron chi connectivity index (χ3n) is 1.73. The molecule has 67 valence electrons. The molecule has 0 saturated heterocycles. The molecule has 0 fully saturated rings. The summed E-state index contributed by atoms with van der Waals surface area (Å²) in [5, 5.41) is 0. The first kappa shape index (κ1) is 8.18. The van der Waals surface area contributed by atoms with Crippen LogP contribution in [0.2, 0.25) is 0 Å². The molecular formula is C7H4NO4S. The fraction of sp³-hybridized carbons (Fsp3) is 0. The first-order valence-electron chi connectivity index (χ1n) is 3.39. The summed E-state index contributed by atoms with van der Waals surface area (Å²) >= 11 is 0. The molecule has 0 aromatic carbocycles. The molecule has 2 aliphatic rings. The number of amides is 1. The highest BCUT2D eigenvalue weighted by molar-refractivity contribution is 7.94. The van der Waals surface area contributed by atoms with Gasteiger partial charge in [-0.25, -0.2) is 13.1 Å². The van der Waals surface area contributed by atoms with E-state index in [4.69, 9.17) is 0 Å². The van der Waals surface area contributed by atoms with Crippen LogP contribution in [0, 0.1) is 6.42 Å². The molecular weight excluding hydrogens is 194 g/mol. The number of ketones is 1. The molecule has 1 amide bonds. The Labute approximate surface area is 74.2 Å². The molecule has 0 aromatic heterocycles. The fourth-order valence-electron chi connectivity index (χ4n) is 1.19. The Hall–Kier alpha value is -1.43. The maximum atomic E-state index is 11.1. The second-order valence-electron chi connectivity index (χ2n) is 2.56. The van der Waals surface area contributed by atoms with Gasteiger partial charge in [0.1, 0.15) is 10.5 Å². The number of carbonyl (C=O) groups is 2. The molecule has 0 aromatic rings. The van der Waals surface area contributed by atoms with Crippen molar-refractivity contribution in [1.82, 2.24) is 4.72 Å². The van der Waals surface area contributed by atoms with Crippen LogP contribution in [0.15, 0.2) is 22.6 Å². The summed E-state index contributed by atoms with van der Waals surface area (Å²) in [7, 11) is -3.78. The predicted octanol–water partition coefficient (Wildman–Crippen LogP) is -0.957. The number of hydrogen-bond acceptors (Lipinski definition) is 4. The lowest BCUT2D eigenvalue weighted by Gasteiger charge is -2.00. The molecule has 1 heterocycles. The Morgan fingerprint density at radius 1 is 1.23 bits per heavy atom. The zero-order valence-electron chi connectivity index (χ0n) is 6.27. The van der Waals surface area contributed by atoms with Gasteiger partial charge in [0, 0.05) is 0 Å². The van der Waals surface area contributed by atoms with E-state index in [1.165, 1.54) is 12.2 Å². The SMILES string of the molecule is O=C1[CH]C=CC2=C1C(=O)NS2(=O)=O. The van der Waals surface area contributed by atoms with Crippen LogP contribution in [0.4, 0.5) is 0 Å². The van der Waals surface area contributed by atoms with Gasteiger partial charge >= 0.3 is 0 Å². The van der Waals surface area contributed by atoms with E-state index >= 15 is 0 Å². The van der Waals surface area contributed by atoms with Crippen molar-refractivity contribution in [3.63, 3.8) is 0 Å². The minimum atomic E-state index is -3.78. The summed E-state index contributed by atoms with van der Waals surface area (Å²) in [5.41, 5.74) is -0.289. The van der Waals surface area contributed by atoms with Gasteiger partial charge in [0.2, 0.25) is 0 Å². The van der Waals surface area contributed by atoms with E-state index in [2.05, 4.69) is 0 Å². The Morgan fingerprint density at radius 2 is 1.92 bits per heavy atom. The van der Waals surface area contributed by atoms with Gasteiger partial charge in [-0.1, -0.05) is 6.08 Å². The van der Waals surface area contributed by atoms with E-state index < -0.39 is 21.7 Å². The Kier molecular flexibility index (Phi) is 1.44. The zero-order chi connectivity index (χ0) is 9.64. The first-order valence-corrected chi connectivity index (χ1v) is 4.88. The maximum Gasteiger partial charge on any atom is 0.270 e. The molecule has 0 saturated carbocycles. The van der Waals surface area contributed by atoms with E-state index in [0.29, 0.717) is 0 Å². The minimum Gasteiger partial charge on any atom is -0.293 e. The summed E-state index contributed by atoms with van der Waals surface area (Å²) in [6, 6.07) is 0. The van der Waals surface area contributed by atoms with Crippen LogP contribution < -0.4 is 4.72 Å². The molecule has 0 unspecified atom stereocenters. The Bertz CT molecular complexity index is 469. The van der Waals surface area contributed by atoms with Gasteiger partial charge in [0.25, 0.3) is 15.9 Å². The monoisotopic (exact) mass is 198 g/mol. The largest absolute Gasteiger partial charge is 0.293 e. The van der Waals surface area contributed by atoms with E-state index in [1.54, 1.807) is 4.72 Å². The van der Waals surface area contributed by atoms with Gasteiger partial charge in [0.15, 0.2) is 5.78 Å². The summed E-state index contributed by atoms with van der Waals surface area (Å²) < 4.78 is 24.0. The van der Waals surface area contributed by atoms with Gasteiger partial charge in [-0.2, -0.15) is 0 Å². The average Bonchev–Trinajstić information content (AvgIpc) is 2.24. The Morgan fingerprint density at radius 3 is 2.54 bits per heavy atom. The smallest absolute Gasteiger partial charge is 0.270 e. The quantitative estimate of drug-likeness (QED) is 0.508. The number of allylic oxidation sites excluding steroid dienone is 2. The first-order chi connectivity index (χ1) is 6.02. The second kappa shape index (κ2) is 2.29. The highest BCUT2D eigenvalue weighted by atomic mass is 32.2. The number of sulfonamides is 1. The lowest BCUT2D eigenvalue weighted by atomic mass is 10.0. The highest BCUT2D eigenvalue weighted by Crippen LogP contribution is 2.25. The van der Waals surface area contributed by atoms with Gasteiger partial charge in [-0.15, -0.1) is 0 Å². The highest BCUT2D eigenvalue weighted by Gasteiger charge is 2.38. The maximum absolute atomic E-state index is 11.1. The normalized spacial score (nSPS) is 24.6.